The van der Waals surface area contributed by atoms with Crippen molar-refractivity contribution in [2.75, 3.05) is 13.1 Å². The van der Waals surface area contributed by atoms with Gasteiger partial charge in [0.05, 0.1) is 0 Å². The third-order valence-electron chi connectivity index (χ3n) is 3.58. The van der Waals surface area contributed by atoms with E-state index in [4.69, 9.17) is 0 Å². The van der Waals surface area contributed by atoms with Crippen molar-refractivity contribution in [3.05, 3.63) is 34.1 Å². The van der Waals surface area contributed by atoms with Crippen molar-refractivity contribution in [3.8, 4) is 0 Å². The molecular formula is C15H21BrFN. The highest BCUT2D eigenvalue weighted by Crippen LogP contribution is 2.48. The molecule has 100 valence electrons. The number of rotatable bonds is 6. The van der Waals surface area contributed by atoms with E-state index in [2.05, 4.69) is 35.1 Å². The molecule has 1 aromatic rings. The minimum atomic E-state index is -0.140. The van der Waals surface area contributed by atoms with Crippen LogP contribution in [-0.2, 0) is 6.42 Å². The molecule has 1 N–H and O–H groups in total. The van der Waals surface area contributed by atoms with Crippen LogP contribution in [0.15, 0.2) is 22.7 Å². The fraction of sp³-hybridized carbons (Fsp3) is 0.600. The number of benzene rings is 1. The van der Waals surface area contributed by atoms with Crippen molar-refractivity contribution < 1.29 is 4.39 Å². The van der Waals surface area contributed by atoms with Crippen molar-refractivity contribution >= 4 is 15.9 Å². The quantitative estimate of drug-likeness (QED) is 0.831. The van der Waals surface area contributed by atoms with E-state index < -0.39 is 0 Å². The molecule has 0 bridgehead atoms. The SMILES string of the molecule is CC(C)CNCC1(Cc2cc(F)ccc2Br)CC1. The zero-order valence-corrected chi connectivity index (χ0v) is 12.7. The van der Waals surface area contributed by atoms with Gasteiger partial charge in [-0.2, -0.15) is 0 Å². The molecule has 0 aliphatic heterocycles. The summed E-state index contributed by atoms with van der Waals surface area (Å²) in [6, 6.07) is 4.97. The topological polar surface area (TPSA) is 12.0 Å². The molecule has 0 radical (unpaired) electrons. The normalized spacial score (nSPS) is 17.2. The number of hydrogen-bond donors (Lipinski definition) is 1. The predicted octanol–water partition coefficient (Wildman–Crippen LogP) is 4.16. The summed E-state index contributed by atoms with van der Waals surface area (Å²) in [7, 11) is 0. The zero-order chi connectivity index (χ0) is 13.2. The molecule has 18 heavy (non-hydrogen) atoms. The Hall–Kier alpha value is -0.410. The predicted molar refractivity (Wildman–Crippen MR) is 77.2 cm³/mol. The molecular weight excluding hydrogens is 293 g/mol. The monoisotopic (exact) mass is 313 g/mol. The highest BCUT2D eigenvalue weighted by molar-refractivity contribution is 9.10. The summed E-state index contributed by atoms with van der Waals surface area (Å²) >= 11 is 3.52. The molecule has 0 spiro atoms. The van der Waals surface area contributed by atoms with Crippen LogP contribution in [0.4, 0.5) is 4.39 Å². The van der Waals surface area contributed by atoms with Crippen LogP contribution in [0, 0.1) is 17.2 Å². The zero-order valence-electron chi connectivity index (χ0n) is 11.1. The van der Waals surface area contributed by atoms with E-state index in [-0.39, 0.29) is 5.82 Å². The van der Waals surface area contributed by atoms with Gasteiger partial charge in [-0.25, -0.2) is 4.39 Å². The first-order valence-electron chi connectivity index (χ1n) is 6.65. The van der Waals surface area contributed by atoms with Gasteiger partial charge in [0, 0.05) is 11.0 Å². The summed E-state index contributed by atoms with van der Waals surface area (Å²) in [6.45, 7) is 6.55. The first kappa shape index (κ1) is 14.0. The van der Waals surface area contributed by atoms with Crippen LogP contribution >= 0.6 is 15.9 Å². The molecule has 2 rings (SSSR count). The van der Waals surface area contributed by atoms with Gasteiger partial charge in [-0.15, -0.1) is 0 Å². The molecule has 1 nitrogen and oxygen atoms in total. The highest BCUT2D eigenvalue weighted by Gasteiger charge is 2.42. The Balaban J connectivity index is 1.94. The van der Waals surface area contributed by atoms with Crippen molar-refractivity contribution in [2.45, 2.75) is 33.1 Å². The molecule has 3 heteroatoms. The van der Waals surface area contributed by atoms with Crippen LogP contribution in [0.3, 0.4) is 0 Å². The fourth-order valence-corrected chi connectivity index (χ4v) is 2.69. The smallest absolute Gasteiger partial charge is 0.123 e. The summed E-state index contributed by atoms with van der Waals surface area (Å²) in [6.07, 6.45) is 3.47. The average molecular weight is 314 g/mol. The van der Waals surface area contributed by atoms with Crippen LogP contribution in [0.1, 0.15) is 32.3 Å². The first-order chi connectivity index (χ1) is 8.51. The minimum absolute atomic E-state index is 0.140. The fourth-order valence-electron chi connectivity index (χ4n) is 2.30. The van der Waals surface area contributed by atoms with Crippen molar-refractivity contribution in [2.24, 2.45) is 11.3 Å². The van der Waals surface area contributed by atoms with Gasteiger partial charge in [-0.05, 0) is 60.9 Å². The van der Waals surface area contributed by atoms with Crippen LogP contribution < -0.4 is 5.32 Å². The Kier molecular flexibility index (Phi) is 4.44. The van der Waals surface area contributed by atoms with Crippen molar-refractivity contribution in [1.29, 1.82) is 0 Å². The summed E-state index contributed by atoms with van der Waals surface area (Å²) in [4.78, 5) is 0. The van der Waals surface area contributed by atoms with Gasteiger partial charge >= 0.3 is 0 Å². The summed E-state index contributed by atoms with van der Waals surface area (Å²) < 4.78 is 14.3. The second-order valence-corrected chi connectivity index (χ2v) is 6.79. The molecule has 1 aliphatic rings. The van der Waals surface area contributed by atoms with Crippen LogP contribution in [-0.4, -0.2) is 13.1 Å². The summed E-state index contributed by atoms with van der Waals surface area (Å²) in [5.74, 6) is 0.542. The lowest BCUT2D eigenvalue weighted by molar-refractivity contribution is 0.430. The molecule has 0 unspecified atom stereocenters. The van der Waals surface area contributed by atoms with E-state index in [0.29, 0.717) is 11.3 Å². The Morgan fingerprint density at radius 2 is 2.11 bits per heavy atom. The maximum absolute atomic E-state index is 13.3. The van der Waals surface area contributed by atoms with Gasteiger partial charge in [0.25, 0.3) is 0 Å². The third kappa shape index (κ3) is 3.79. The second kappa shape index (κ2) is 5.70. The number of nitrogens with one attached hydrogen (secondary N) is 1. The van der Waals surface area contributed by atoms with Crippen molar-refractivity contribution in [1.82, 2.24) is 5.32 Å². The maximum atomic E-state index is 13.3. The molecule has 1 aromatic carbocycles. The van der Waals surface area contributed by atoms with E-state index in [1.54, 1.807) is 6.07 Å². The van der Waals surface area contributed by atoms with Crippen LogP contribution in [0.25, 0.3) is 0 Å². The van der Waals surface area contributed by atoms with E-state index in [1.807, 2.05) is 6.07 Å². The molecule has 1 aliphatic carbocycles. The molecule has 0 saturated heterocycles. The molecule has 0 aromatic heterocycles. The Morgan fingerprint density at radius 1 is 1.39 bits per heavy atom. The van der Waals surface area contributed by atoms with Gasteiger partial charge < -0.3 is 5.32 Å². The van der Waals surface area contributed by atoms with Gasteiger partial charge in [0.1, 0.15) is 5.82 Å². The Labute approximate surface area is 117 Å². The first-order valence-corrected chi connectivity index (χ1v) is 7.45. The second-order valence-electron chi connectivity index (χ2n) is 5.94. The number of halogens is 2. The largest absolute Gasteiger partial charge is 0.316 e. The lowest BCUT2D eigenvalue weighted by Crippen LogP contribution is -2.28. The van der Waals surface area contributed by atoms with Crippen molar-refractivity contribution in [3.63, 3.8) is 0 Å². The Bertz CT molecular complexity index is 413. The highest BCUT2D eigenvalue weighted by atomic mass is 79.9. The molecule has 0 heterocycles. The van der Waals surface area contributed by atoms with Gasteiger partial charge in [0.2, 0.25) is 0 Å². The lowest BCUT2D eigenvalue weighted by atomic mass is 9.96. The molecule has 1 fully saturated rings. The van der Waals surface area contributed by atoms with Gasteiger partial charge in [-0.3, -0.25) is 0 Å². The minimum Gasteiger partial charge on any atom is -0.316 e. The summed E-state index contributed by atoms with van der Waals surface area (Å²) in [5, 5.41) is 3.53. The number of hydrogen-bond acceptors (Lipinski definition) is 1. The van der Waals surface area contributed by atoms with E-state index in [1.165, 1.54) is 18.9 Å². The van der Waals surface area contributed by atoms with E-state index in [9.17, 15) is 4.39 Å². The van der Waals surface area contributed by atoms with Crippen LogP contribution in [0.5, 0.6) is 0 Å². The van der Waals surface area contributed by atoms with E-state index >= 15 is 0 Å². The maximum Gasteiger partial charge on any atom is 0.123 e. The third-order valence-corrected chi connectivity index (χ3v) is 4.36. The van der Waals surface area contributed by atoms with E-state index in [0.717, 1.165) is 29.5 Å². The standard InChI is InChI=1S/C15H21BrFN/c1-11(2)9-18-10-15(5-6-15)8-12-7-13(17)3-4-14(12)16/h3-4,7,11,18H,5-6,8-10H2,1-2H3. The van der Waals surface area contributed by atoms with Gasteiger partial charge in [-0.1, -0.05) is 29.8 Å². The Morgan fingerprint density at radius 3 is 2.72 bits per heavy atom. The van der Waals surface area contributed by atoms with Gasteiger partial charge in [0.15, 0.2) is 0 Å². The van der Waals surface area contributed by atoms with Crippen LogP contribution in [0.2, 0.25) is 0 Å². The average Bonchev–Trinajstić information content (AvgIpc) is 3.03. The molecule has 1 saturated carbocycles. The molecule has 0 amide bonds. The summed E-state index contributed by atoms with van der Waals surface area (Å²) in [5.41, 5.74) is 1.46. The lowest BCUT2D eigenvalue weighted by Gasteiger charge is -2.18. The molecule has 0 atom stereocenters.